The summed E-state index contributed by atoms with van der Waals surface area (Å²) in [6, 6.07) is 0.259. The van der Waals surface area contributed by atoms with Crippen molar-refractivity contribution in [3.8, 4) is 11.6 Å². The lowest BCUT2D eigenvalue weighted by atomic mass is 9.80. The van der Waals surface area contributed by atoms with Crippen LogP contribution in [0.25, 0.3) is 28.4 Å². The molecular weight excluding hydrogens is 454 g/mol. The number of anilines is 1. The van der Waals surface area contributed by atoms with E-state index in [-0.39, 0.29) is 17.3 Å². The van der Waals surface area contributed by atoms with Crippen molar-refractivity contribution in [1.29, 1.82) is 0 Å². The maximum absolute atomic E-state index is 11.6. The van der Waals surface area contributed by atoms with Crippen molar-refractivity contribution in [3.63, 3.8) is 0 Å². The van der Waals surface area contributed by atoms with E-state index in [0.717, 1.165) is 35.2 Å². The van der Waals surface area contributed by atoms with Gasteiger partial charge < -0.3 is 9.88 Å². The van der Waals surface area contributed by atoms with Gasteiger partial charge in [0.25, 0.3) is 0 Å². The van der Waals surface area contributed by atoms with E-state index in [0.29, 0.717) is 23.3 Å². The van der Waals surface area contributed by atoms with E-state index >= 15 is 0 Å². The van der Waals surface area contributed by atoms with Crippen molar-refractivity contribution in [3.05, 3.63) is 23.0 Å². The first-order valence-corrected chi connectivity index (χ1v) is 13.4. The van der Waals surface area contributed by atoms with Crippen LogP contribution in [0.3, 0.4) is 0 Å². The summed E-state index contributed by atoms with van der Waals surface area (Å²) >= 11 is 0. The van der Waals surface area contributed by atoms with Crippen molar-refractivity contribution in [2.75, 3.05) is 5.32 Å². The van der Waals surface area contributed by atoms with Crippen LogP contribution in [0.2, 0.25) is 0 Å². The summed E-state index contributed by atoms with van der Waals surface area (Å²) in [5.74, 6) is 3.43. The van der Waals surface area contributed by atoms with Gasteiger partial charge in [0.05, 0.1) is 0 Å². The Bertz CT molecular complexity index is 1300. The van der Waals surface area contributed by atoms with Crippen LogP contribution in [-0.4, -0.2) is 35.7 Å². The lowest BCUT2D eigenvalue weighted by Gasteiger charge is -2.32. The van der Waals surface area contributed by atoms with Crippen LogP contribution in [-0.2, 0) is 6.54 Å². The SMILES string of the molecule is C=C(c1nc2nc(-c3noc(=O)[nH]3)nc(N[C@H](C)C3CCC3)c2n1CC1CCC(C)CC1)C(C)(C)C. The van der Waals surface area contributed by atoms with E-state index in [4.69, 9.17) is 19.5 Å². The van der Waals surface area contributed by atoms with Gasteiger partial charge in [0, 0.05) is 12.6 Å². The standard InChI is InChI=1S/C27H39N7O2/c1-15-10-12-18(13-11-15)14-34-20-21(28-17(3)19-8-7-9-19)29-23(24-32-26(35)36-33-24)30-22(20)31-25(34)16(2)27(4,5)6/h15,17-19H,2,7-14H2,1,3-6H3,(H,28,29,30)(H,32,33,35)/t15?,17-,18?/m1/s1. The second-order valence-electron chi connectivity index (χ2n) is 12.0. The number of H-pyrrole nitrogens is 1. The first-order valence-electron chi connectivity index (χ1n) is 13.4. The van der Waals surface area contributed by atoms with Crippen LogP contribution in [0.5, 0.6) is 0 Å². The molecule has 0 bridgehead atoms. The van der Waals surface area contributed by atoms with E-state index in [2.05, 4.69) is 61.2 Å². The predicted octanol–water partition coefficient (Wildman–Crippen LogP) is 5.66. The third-order valence-corrected chi connectivity index (χ3v) is 8.23. The molecule has 3 heterocycles. The van der Waals surface area contributed by atoms with Gasteiger partial charge in [-0.1, -0.05) is 58.7 Å². The monoisotopic (exact) mass is 493 g/mol. The van der Waals surface area contributed by atoms with E-state index < -0.39 is 5.76 Å². The summed E-state index contributed by atoms with van der Waals surface area (Å²) in [4.78, 5) is 28.8. The number of nitrogens with zero attached hydrogens (tertiary/aromatic N) is 5. The summed E-state index contributed by atoms with van der Waals surface area (Å²) in [5.41, 5.74) is 2.30. The van der Waals surface area contributed by atoms with Crippen LogP contribution in [0.15, 0.2) is 15.9 Å². The fraction of sp³-hybridized carbons (Fsp3) is 0.667. The van der Waals surface area contributed by atoms with Crippen LogP contribution < -0.4 is 11.1 Å². The number of rotatable bonds is 7. The summed E-state index contributed by atoms with van der Waals surface area (Å²) in [7, 11) is 0. The molecule has 0 spiro atoms. The van der Waals surface area contributed by atoms with Crippen LogP contribution >= 0.6 is 0 Å². The highest BCUT2D eigenvalue weighted by Gasteiger charge is 2.30. The smallest absolute Gasteiger partial charge is 0.365 e. The molecule has 3 aromatic rings. The normalized spacial score (nSPS) is 21.9. The van der Waals surface area contributed by atoms with Crippen molar-refractivity contribution in [2.24, 2.45) is 23.2 Å². The van der Waals surface area contributed by atoms with Gasteiger partial charge in [0.2, 0.25) is 11.6 Å². The van der Waals surface area contributed by atoms with E-state index in [1.807, 2.05) is 0 Å². The topological polar surface area (TPSA) is 115 Å². The Labute approximate surface area is 212 Å². The van der Waals surface area contributed by atoms with Crippen molar-refractivity contribution >= 4 is 22.6 Å². The van der Waals surface area contributed by atoms with E-state index in [1.54, 1.807) is 0 Å². The third kappa shape index (κ3) is 4.84. The number of fused-ring (bicyclic) bond motifs is 1. The van der Waals surface area contributed by atoms with E-state index in [9.17, 15) is 4.79 Å². The number of aromatic nitrogens is 6. The Balaban J connectivity index is 1.66. The molecule has 2 aliphatic rings. The largest absolute Gasteiger partial charge is 0.439 e. The van der Waals surface area contributed by atoms with Gasteiger partial charge >= 0.3 is 5.76 Å². The molecule has 2 N–H and O–H groups in total. The number of hydrogen-bond acceptors (Lipinski definition) is 7. The zero-order chi connectivity index (χ0) is 25.6. The molecule has 5 rings (SSSR count). The van der Waals surface area contributed by atoms with Crippen LogP contribution in [0.1, 0.15) is 85.4 Å². The molecule has 2 aliphatic carbocycles. The minimum Gasteiger partial charge on any atom is -0.365 e. The maximum Gasteiger partial charge on any atom is 0.439 e. The lowest BCUT2D eigenvalue weighted by molar-refractivity contribution is 0.265. The van der Waals surface area contributed by atoms with Gasteiger partial charge in [-0.15, -0.1) is 0 Å². The second-order valence-corrected chi connectivity index (χ2v) is 12.0. The first kappa shape index (κ1) is 24.7. The minimum absolute atomic E-state index is 0.152. The molecule has 2 saturated carbocycles. The average molecular weight is 494 g/mol. The molecule has 0 radical (unpaired) electrons. The Morgan fingerprint density at radius 3 is 2.47 bits per heavy atom. The van der Waals surface area contributed by atoms with Crippen LogP contribution in [0.4, 0.5) is 5.82 Å². The Morgan fingerprint density at radius 2 is 1.89 bits per heavy atom. The quantitative estimate of drug-likeness (QED) is 0.437. The van der Waals surface area contributed by atoms with Crippen molar-refractivity contribution < 1.29 is 4.52 Å². The highest BCUT2D eigenvalue weighted by Crippen LogP contribution is 2.38. The predicted molar refractivity (Wildman–Crippen MR) is 141 cm³/mol. The molecule has 3 aromatic heterocycles. The highest BCUT2D eigenvalue weighted by atomic mass is 16.5. The van der Waals surface area contributed by atoms with Gasteiger partial charge in [-0.3, -0.25) is 9.51 Å². The lowest BCUT2D eigenvalue weighted by Crippen LogP contribution is -2.31. The van der Waals surface area contributed by atoms with Gasteiger partial charge in [-0.25, -0.2) is 19.7 Å². The Kier molecular flexibility index (Phi) is 6.51. The molecular formula is C27H39N7O2. The zero-order valence-corrected chi connectivity index (χ0v) is 22.2. The number of allylic oxidation sites excluding steroid dienone is 1. The molecule has 0 saturated heterocycles. The average Bonchev–Trinajstić information content (AvgIpc) is 3.36. The Hall–Kier alpha value is -2.97. The molecule has 9 nitrogen and oxygen atoms in total. The van der Waals surface area contributed by atoms with Gasteiger partial charge in [0.15, 0.2) is 11.5 Å². The number of hydrogen-bond donors (Lipinski definition) is 2. The number of nitrogens with one attached hydrogen (secondary N) is 2. The highest BCUT2D eigenvalue weighted by molar-refractivity contribution is 5.88. The third-order valence-electron chi connectivity index (χ3n) is 8.23. The molecule has 2 fully saturated rings. The van der Waals surface area contributed by atoms with E-state index in [1.165, 1.54) is 44.9 Å². The minimum atomic E-state index is -0.634. The fourth-order valence-electron chi connectivity index (χ4n) is 5.36. The van der Waals surface area contributed by atoms with Crippen LogP contribution in [0, 0.1) is 23.2 Å². The molecule has 0 aromatic carbocycles. The summed E-state index contributed by atoms with van der Waals surface area (Å²) in [6.07, 6.45) is 8.66. The molecule has 0 amide bonds. The van der Waals surface area contributed by atoms with Crippen molar-refractivity contribution in [2.45, 2.75) is 92.2 Å². The second kappa shape index (κ2) is 9.48. The van der Waals surface area contributed by atoms with Gasteiger partial charge in [-0.05, 0) is 61.3 Å². The van der Waals surface area contributed by atoms with Gasteiger partial charge in [-0.2, -0.15) is 0 Å². The molecule has 0 aliphatic heterocycles. The van der Waals surface area contributed by atoms with Gasteiger partial charge in [0.1, 0.15) is 11.3 Å². The summed E-state index contributed by atoms with van der Waals surface area (Å²) in [5, 5.41) is 7.52. The molecule has 194 valence electrons. The first-order chi connectivity index (χ1) is 17.1. The number of imidazole rings is 1. The number of aromatic amines is 1. The zero-order valence-electron chi connectivity index (χ0n) is 22.2. The molecule has 9 heteroatoms. The summed E-state index contributed by atoms with van der Waals surface area (Å²) < 4.78 is 7.04. The Morgan fingerprint density at radius 1 is 1.17 bits per heavy atom. The summed E-state index contributed by atoms with van der Waals surface area (Å²) in [6.45, 7) is 16.4. The maximum atomic E-state index is 11.6. The molecule has 1 atom stereocenters. The molecule has 36 heavy (non-hydrogen) atoms. The van der Waals surface area contributed by atoms with Crippen molar-refractivity contribution in [1.82, 2.24) is 29.7 Å². The fourth-order valence-corrected chi connectivity index (χ4v) is 5.36. The molecule has 0 unspecified atom stereocenters.